The fourth-order valence-corrected chi connectivity index (χ4v) is 3.34. The fourth-order valence-electron chi connectivity index (χ4n) is 3.34. The van der Waals surface area contributed by atoms with Crippen LogP contribution in [0.2, 0.25) is 0 Å². The monoisotopic (exact) mass is 326 g/mol. The molecule has 2 aromatic rings. The SMILES string of the molecule is CCC1CCCCN1c1ccnc(Nc2cc(C)ccc2OC)n1. The van der Waals surface area contributed by atoms with E-state index in [4.69, 9.17) is 9.72 Å². The summed E-state index contributed by atoms with van der Waals surface area (Å²) >= 11 is 0. The lowest BCUT2D eigenvalue weighted by atomic mass is 10.0. The Morgan fingerprint density at radius 1 is 1.29 bits per heavy atom. The molecule has 5 nitrogen and oxygen atoms in total. The van der Waals surface area contributed by atoms with Crippen molar-refractivity contribution in [1.29, 1.82) is 0 Å². The molecule has 1 N–H and O–H groups in total. The van der Waals surface area contributed by atoms with Crippen LogP contribution in [0.3, 0.4) is 0 Å². The van der Waals surface area contributed by atoms with E-state index in [9.17, 15) is 0 Å². The minimum atomic E-state index is 0.579. The van der Waals surface area contributed by atoms with Crippen LogP contribution >= 0.6 is 0 Å². The van der Waals surface area contributed by atoms with Crippen LogP contribution < -0.4 is 15.0 Å². The van der Waals surface area contributed by atoms with E-state index in [1.165, 1.54) is 19.3 Å². The Labute approximate surface area is 144 Å². The maximum Gasteiger partial charge on any atom is 0.229 e. The molecule has 1 saturated heterocycles. The molecule has 0 spiro atoms. The third-order valence-corrected chi connectivity index (χ3v) is 4.63. The summed E-state index contributed by atoms with van der Waals surface area (Å²) in [7, 11) is 1.67. The number of benzene rings is 1. The van der Waals surface area contributed by atoms with E-state index >= 15 is 0 Å². The summed E-state index contributed by atoms with van der Waals surface area (Å²) < 4.78 is 5.43. The zero-order valence-corrected chi connectivity index (χ0v) is 14.7. The van der Waals surface area contributed by atoms with E-state index in [2.05, 4.69) is 29.0 Å². The van der Waals surface area contributed by atoms with Gasteiger partial charge in [0.25, 0.3) is 0 Å². The number of piperidine rings is 1. The number of anilines is 3. The average Bonchev–Trinajstić information content (AvgIpc) is 2.62. The Balaban J connectivity index is 1.84. The zero-order chi connectivity index (χ0) is 16.9. The molecule has 1 aromatic carbocycles. The topological polar surface area (TPSA) is 50.3 Å². The molecule has 1 fully saturated rings. The predicted molar refractivity (Wildman–Crippen MR) is 98.3 cm³/mol. The van der Waals surface area contributed by atoms with Crippen molar-refractivity contribution in [1.82, 2.24) is 9.97 Å². The molecule has 1 aromatic heterocycles. The summed E-state index contributed by atoms with van der Waals surface area (Å²) in [5.41, 5.74) is 2.05. The first-order chi connectivity index (χ1) is 11.7. The van der Waals surface area contributed by atoms with Gasteiger partial charge in [0.2, 0.25) is 5.95 Å². The predicted octanol–water partition coefficient (Wildman–Crippen LogP) is 4.31. The smallest absolute Gasteiger partial charge is 0.229 e. The van der Waals surface area contributed by atoms with Gasteiger partial charge in [0.15, 0.2) is 0 Å². The summed E-state index contributed by atoms with van der Waals surface area (Å²) in [4.78, 5) is 11.5. The number of aromatic nitrogens is 2. The van der Waals surface area contributed by atoms with Crippen molar-refractivity contribution in [2.75, 3.05) is 23.9 Å². The van der Waals surface area contributed by atoms with E-state index in [0.29, 0.717) is 12.0 Å². The third kappa shape index (κ3) is 3.61. The van der Waals surface area contributed by atoms with Crippen LogP contribution in [0.1, 0.15) is 38.2 Å². The van der Waals surface area contributed by atoms with E-state index < -0.39 is 0 Å². The molecule has 0 saturated carbocycles. The van der Waals surface area contributed by atoms with Gasteiger partial charge in [0.1, 0.15) is 11.6 Å². The fraction of sp³-hybridized carbons (Fsp3) is 0.474. The maximum absolute atomic E-state index is 5.43. The zero-order valence-electron chi connectivity index (χ0n) is 14.7. The van der Waals surface area contributed by atoms with Gasteiger partial charge < -0.3 is 15.0 Å². The van der Waals surface area contributed by atoms with Crippen molar-refractivity contribution >= 4 is 17.5 Å². The first-order valence-electron chi connectivity index (χ1n) is 8.72. The molecule has 2 heterocycles. The van der Waals surface area contributed by atoms with E-state index in [1.54, 1.807) is 7.11 Å². The summed E-state index contributed by atoms with van der Waals surface area (Å²) in [5.74, 6) is 2.40. The number of aryl methyl sites for hydroxylation is 1. The van der Waals surface area contributed by atoms with Crippen LogP contribution in [0.4, 0.5) is 17.5 Å². The molecular formula is C19H26N4O. The highest BCUT2D eigenvalue weighted by atomic mass is 16.5. The summed E-state index contributed by atoms with van der Waals surface area (Å²) in [5, 5.41) is 3.30. The second-order valence-electron chi connectivity index (χ2n) is 6.32. The van der Waals surface area contributed by atoms with Gasteiger partial charge in [-0.05, 0) is 56.4 Å². The van der Waals surface area contributed by atoms with Crippen LogP contribution in [-0.4, -0.2) is 29.7 Å². The molecule has 0 radical (unpaired) electrons. The Morgan fingerprint density at radius 3 is 2.96 bits per heavy atom. The van der Waals surface area contributed by atoms with E-state index in [0.717, 1.165) is 35.8 Å². The Morgan fingerprint density at radius 2 is 2.17 bits per heavy atom. The number of nitrogens with one attached hydrogen (secondary N) is 1. The molecule has 1 unspecified atom stereocenters. The summed E-state index contributed by atoms with van der Waals surface area (Å²) in [6.45, 7) is 5.38. The van der Waals surface area contributed by atoms with Gasteiger partial charge in [-0.2, -0.15) is 4.98 Å². The van der Waals surface area contributed by atoms with Crippen LogP contribution in [0.5, 0.6) is 5.75 Å². The van der Waals surface area contributed by atoms with Gasteiger partial charge in [-0.1, -0.05) is 13.0 Å². The first kappa shape index (κ1) is 16.6. The van der Waals surface area contributed by atoms with Gasteiger partial charge in [-0.25, -0.2) is 4.98 Å². The largest absolute Gasteiger partial charge is 0.495 e. The number of methoxy groups -OCH3 is 1. The lowest BCUT2D eigenvalue weighted by molar-refractivity contribution is 0.416. The number of ether oxygens (including phenoxy) is 1. The molecule has 5 heteroatoms. The van der Waals surface area contributed by atoms with Crippen molar-refractivity contribution in [3.05, 3.63) is 36.0 Å². The molecule has 1 atom stereocenters. The number of hydrogen-bond donors (Lipinski definition) is 1. The van der Waals surface area contributed by atoms with Gasteiger partial charge in [0.05, 0.1) is 12.8 Å². The van der Waals surface area contributed by atoms with Crippen LogP contribution in [0.25, 0.3) is 0 Å². The quantitative estimate of drug-likeness (QED) is 0.887. The highest BCUT2D eigenvalue weighted by Crippen LogP contribution is 2.29. The van der Waals surface area contributed by atoms with Crippen molar-refractivity contribution < 1.29 is 4.74 Å². The standard InChI is InChI=1S/C19H26N4O/c1-4-15-7-5-6-12-23(15)18-10-11-20-19(22-18)21-16-13-14(2)8-9-17(16)24-3/h8-11,13,15H,4-7,12H2,1-3H3,(H,20,21,22). The highest BCUT2D eigenvalue weighted by Gasteiger charge is 2.22. The third-order valence-electron chi connectivity index (χ3n) is 4.63. The van der Waals surface area contributed by atoms with E-state index in [1.807, 2.05) is 30.5 Å². The molecule has 24 heavy (non-hydrogen) atoms. The molecular weight excluding hydrogens is 300 g/mol. The van der Waals surface area contributed by atoms with Crippen LogP contribution in [0.15, 0.2) is 30.5 Å². The van der Waals surface area contributed by atoms with Gasteiger partial charge >= 0.3 is 0 Å². The molecule has 0 amide bonds. The van der Waals surface area contributed by atoms with Crippen molar-refractivity contribution in [3.8, 4) is 5.75 Å². The van der Waals surface area contributed by atoms with Crippen molar-refractivity contribution in [2.24, 2.45) is 0 Å². The second-order valence-corrected chi connectivity index (χ2v) is 6.32. The average molecular weight is 326 g/mol. The van der Waals surface area contributed by atoms with Gasteiger partial charge in [0, 0.05) is 18.8 Å². The summed E-state index contributed by atoms with van der Waals surface area (Å²) in [6.07, 6.45) is 6.77. The van der Waals surface area contributed by atoms with Gasteiger partial charge in [-0.3, -0.25) is 0 Å². The normalized spacial score (nSPS) is 17.6. The van der Waals surface area contributed by atoms with E-state index in [-0.39, 0.29) is 0 Å². The van der Waals surface area contributed by atoms with Gasteiger partial charge in [-0.15, -0.1) is 0 Å². The van der Waals surface area contributed by atoms with Crippen molar-refractivity contribution in [3.63, 3.8) is 0 Å². The second kappa shape index (κ2) is 7.51. The maximum atomic E-state index is 5.43. The molecule has 128 valence electrons. The Bertz CT molecular complexity index is 689. The molecule has 1 aliphatic heterocycles. The van der Waals surface area contributed by atoms with Crippen molar-refractivity contribution in [2.45, 2.75) is 45.6 Å². The minimum absolute atomic E-state index is 0.579. The lowest BCUT2D eigenvalue weighted by Gasteiger charge is -2.36. The number of rotatable bonds is 5. The molecule has 0 aliphatic carbocycles. The molecule has 0 bridgehead atoms. The molecule has 3 rings (SSSR count). The Kier molecular flexibility index (Phi) is 5.18. The minimum Gasteiger partial charge on any atom is -0.495 e. The first-order valence-corrected chi connectivity index (χ1v) is 8.72. The number of hydrogen-bond acceptors (Lipinski definition) is 5. The highest BCUT2D eigenvalue weighted by molar-refractivity contribution is 5.64. The molecule has 1 aliphatic rings. The lowest BCUT2D eigenvalue weighted by Crippen LogP contribution is -2.39. The number of nitrogens with zero attached hydrogens (tertiary/aromatic N) is 3. The van der Waals surface area contributed by atoms with Crippen LogP contribution in [0, 0.1) is 6.92 Å². The van der Waals surface area contributed by atoms with Crippen LogP contribution in [-0.2, 0) is 0 Å². The Hall–Kier alpha value is -2.30. The summed E-state index contributed by atoms with van der Waals surface area (Å²) in [6, 6.07) is 8.62.